The summed E-state index contributed by atoms with van der Waals surface area (Å²) in [6.07, 6.45) is 0. The summed E-state index contributed by atoms with van der Waals surface area (Å²) in [7, 11) is 0. The molecule has 0 amide bonds. The van der Waals surface area contributed by atoms with E-state index in [0.717, 1.165) is 39.0 Å². The Morgan fingerprint density at radius 2 is 0.778 bits per heavy atom. The Kier molecular flexibility index (Phi) is 7.85. The summed E-state index contributed by atoms with van der Waals surface area (Å²) in [5, 5.41) is 9.89. The lowest BCUT2D eigenvalue weighted by molar-refractivity contribution is 0.669. The fraction of sp³-hybridized carbons (Fsp3) is 0.0164. The molecule has 0 N–H and O–H groups in total. The van der Waals surface area contributed by atoms with Gasteiger partial charge >= 0.3 is 0 Å². The molecule has 1 heterocycles. The van der Waals surface area contributed by atoms with Gasteiger partial charge in [-0.05, 0) is 131 Å². The average Bonchev–Trinajstić information content (AvgIpc) is 3.88. The maximum Gasteiger partial charge on any atom is 0.135 e. The highest BCUT2D eigenvalue weighted by Crippen LogP contribution is 2.57. The monoisotopic (exact) mass is 801 g/mol. The van der Waals surface area contributed by atoms with Crippen molar-refractivity contribution in [2.45, 2.75) is 5.41 Å². The molecule has 0 aliphatic heterocycles. The zero-order chi connectivity index (χ0) is 41.5. The molecule has 0 atom stereocenters. The lowest BCUT2D eigenvalue weighted by Crippen LogP contribution is -2.28. The summed E-state index contributed by atoms with van der Waals surface area (Å²) in [5.41, 5.74) is 14.4. The molecule has 0 unspecified atom stereocenters. The number of benzene rings is 11. The largest absolute Gasteiger partial charge is 0.456 e. The summed E-state index contributed by atoms with van der Waals surface area (Å²) < 4.78 is 6.35. The van der Waals surface area contributed by atoms with Crippen LogP contribution in [0, 0.1) is 0 Å². The molecule has 1 aliphatic rings. The Morgan fingerprint density at radius 1 is 0.286 bits per heavy atom. The van der Waals surface area contributed by atoms with Crippen molar-refractivity contribution in [2.24, 2.45) is 0 Å². The van der Waals surface area contributed by atoms with Crippen LogP contribution in [-0.4, -0.2) is 0 Å². The third kappa shape index (κ3) is 5.32. The van der Waals surface area contributed by atoms with Gasteiger partial charge in [-0.3, -0.25) is 0 Å². The highest BCUT2D eigenvalue weighted by molar-refractivity contribution is 6.25. The van der Waals surface area contributed by atoms with Gasteiger partial charge in [0.2, 0.25) is 0 Å². The molecule has 0 saturated carbocycles. The number of nitrogens with zero attached hydrogens (tertiary/aromatic N) is 1. The lowest BCUT2D eigenvalue weighted by Gasteiger charge is -2.35. The van der Waals surface area contributed by atoms with Crippen molar-refractivity contribution in [2.75, 3.05) is 4.90 Å². The van der Waals surface area contributed by atoms with Crippen LogP contribution in [0.15, 0.2) is 241 Å². The first-order valence-corrected chi connectivity index (χ1v) is 21.7. The van der Waals surface area contributed by atoms with Crippen molar-refractivity contribution in [1.29, 1.82) is 0 Å². The summed E-state index contributed by atoms with van der Waals surface area (Å²) in [4.78, 5) is 2.41. The molecule has 0 radical (unpaired) electrons. The number of fused-ring (bicyclic) bond motifs is 12. The minimum absolute atomic E-state index is 0.518. The fourth-order valence-electron chi connectivity index (χ4n) is 10.8. The lowest BCUT2D eigenvalue weighted by atomic mass is 9.67. The van der Waals surface area contributed by atoms with Crippen molar-refractivity contribution >= 4 is 71.3 Å². The van der Waals surface area contributed by atoms with E-state index in [1.807, 2.05) is 6.07 Å². The SMILES string of the molecule is c1ccc(C2(c3ccccc3)c3ccccc3-c3ccc(N(c4ccc(-c5ccc6c7ccccc7c7ccccc7c6c5)cc4)c4ccc5oc6ccccc6c5c4)cc32)cc1. The second kappa shape index (κ2) is 13.9. The van der Waals surface area contributed by atoms with Gasteiger partial charge < -0.3 is 9.32 Å². The topological polar surface area (TPSA) is 16.4 Å². The Bertz CT molecular complexity index is 3660. The number of rotatable bonds is 6. The molecule has 0 fully saturated rings. The molecular formula is C61H39NO. The van der Waals surface area contributed by atoms with E-state index in [9.17, 15) is 0 Å². The van der Waals surface area contributed by atoms with Gasteiger partial charge in [-0.25, -0.2) is 0 Å². The van der Waals surface area contributed by atoms with E-state index < -0.39 is 5.41 Å². The first-order chi connectivity index (χ1) is 31.2. The second-order valence-corrected chi connectivity index (χ2v) is 16.8. The molecule has 11 aromatic carbocycles. The standard InChI is InChI=1S/C61H39NO/c1-3-15-42(16-4-1)61(43-17-5-2-6-18-43)57-25-13-11-23-52(57)53-35-32-46(39-58(53)61)62(45-33-36-60-56(38-45)54-24-12-14-26-59(54)63-60)44-30-27-40(28-31-44)41-29-34-51-49-21-8-7-19-47(49)48-20-9-10-22-50(48)55(51)37-41/h1-39H. The van der Waals surface area contributed by atoms with Crippen molar-refractivity contribution in [3.8, 4) is 22.3 Å². The summed E-state index contributed by atoms with van der Waals surface area (Å²) in [6.45, 7) is 0. The Balaban J connectivity index is 1.01. The van der Waals surface area contributed by atoms with Gasteiger partial charge in [0.15, 0.2) is 0 Å². The first kappa shape index (κ1) is 35.5. The minimum Gasteiger partial charge on any atom is -0.456 e. The Hall–Kier alpha value is -8.20. The number of anilines is 3. The molecule has 1 aromatic heterocycles. The van der Waals surface area contributed by atoms with E-state index in [0.29, 0.717) is 0 Å². The molecule has 13 rings (SSSR count). The van der Waals surface area contributed by atoms with Gasteiger partial charge in [-0.15, -0.1) is 0 Å². The van der Waals surface area contributed by atoms with Crippen LogP contribution in [0.2, 0.25) is 0 Å². The van der Waals surface area contributed by atoms with Gasteiger partial charge in [0.05, 0.1) is 5.41 Å². The van der Waals surface area contributed by atoms with Crippen LogP contribution in [-0.2, 0) is 5.41 Å². The maximum atomic E-state index is 6.35. The maximum absolute atomic E-state index is 6.35. The molecule has 12 aromatic rings. The summed E-state index contributed by atoms with van der Waals surface area (Å²) in [5.74, 6) is 0. The number of furan rings is 1. The van der Waals surface area contributed by atoms with Crippen LogP contribution < -0.4 is 4.90 Å². The van der Waals surface area contributed by atoms with Crippen molar-refractivity contribution in [3.63, 3.8) is 0 Å². The number of hydrogen-bond donors (Lipinski definition) is 0. The smallest absolute Gasteiger partial charge is 0.135 e. The van der Waals surface area contributed by atoms with E-state index in [2.05, 4.69) is 235 Å². The van der Waals surface area contributed by atoms with E-state index >= 15 is 0 Å². The Labute approximate surface area is 365 Å². The van der Waals surface area contributed by atoms with Crippen LogP contribution in [0.1, 0.15) is 22.3 Å². The van der Waals surface area contributed by atoms with Gasteiger partial charge in [0, 0.05) is 27.8 Å². The van der Waals surface area contributed by atoms with Crippen molar-refractivity contribution in [1.82, 2.24) is 0 Å². The molecule has 1 aliphatic carbocycles. The van der Waals surface area contributed by atoms with E-state index in [1.165, 1.54) is 76.8 Å². The molecule has 2 nitrogen and oxygen atoms in total. The molecule has 0 bridgehead atoms. The summed E-state index contributed by atoms with van der Waals surface area (Å²) in [6, 6.07) is 86.7. The molecule has 2 heteroatoms. The predicted molar refractivity (Wildman–Crippen MR) is 264 cm³/mol. The first-order valence-electron chi connectivity index (χ1n) is 21.7. The fourth-order valence-corrected chi connectivity index (χ4v) is 10.8. The van der Waals surface area contributed by atoms with Crippen LogP contribution in [0.4, 0.5) is 17.1 Å². The van der Waals surface area contributed by atoms with Gasteiger partial charge in [0.1, 0.15) is 11.2 Å². The van der Waals surface area contributed by atoms with E-state index in [4.69, 9.17) is 4.42 Å². The van der Waals surface area contributed by atoms with Crippen molar-refractivity contribution < 1.29 is 4.42 Å². The quantitative estimate of drug-likeness (QED) is 0.156. The van der Waals surface area contributed by atoms with Crippen LogP contribution in [0.5, 0.6) is 0 Å². The molecule has 294 valence electrons. The number of para-hydroxylation sites is 1. The number of hydrogen-bond acceptors (Lipinski definition) is 2. The highest BCUT2D eigenvalue weighted by Gasteiger charge is 2.46. The van der Waals surface area contributed by atoms with Gasteiger partial charge in [0.25, 0.3) is 0 Å². The van der Waals surface area contributed by atoms with Gasteiger partial charge in [-0.2, -0.15) is 0 Å². The van der Waals surface area contributed by atoms with Gasteiger partial charge in [-0.1, -0.05) is 182 Å². The zero-order valence-electron chi connectivity index (χ0n) is 34.4. The normalized spacial score (nSPS) is 12.9. The molecule has 0 spiro atoms. The zero-order valence-corrected chi connectivity index (χ0v) is 34.4. The molecule has 63 heavy (non-hydrogen) atoms. The average molecular weight is 802 g/mol. The highest BCUT2D eigenvalue weighted by atomic mass is 16.3. The van der Waals surface area contributed by atoms with Crippen LogP contribution >= 0.6 is 0 Å². The minimum atomic E-state index is -0.518. The second-order valence-electron chi connectivity index (χ2n) is 16.8. The predicted octanol–water partition coefficient (Wildman–Crippen LogP) is 16.5. The van der Waals surface area contributed by atoms with Crippen molar-refractivity contribution in [3.05, 3.63) is 259 Å². The van der Waals surface area contributed by atoms with Crippen LogP contribution in [0.25, 0.3) is 76.5 Å². The van der Waals surface area contributed by atoms with Crippen LogP contribution in [0.3, 0.4) is 0 Å². The molecular weight excluding hydrogens is 763 g/mol. The third-order valence-electron chi connectivity index (χ3n) is 13.5. The van der Waals surface area contributed by atoms with E-state index in [1.54, 1.807) is 0 Å². The third-order valence-corrected chi connectivity index (χ3v) is 13.5. The Morgan fingerprint density at radius 3 is 1.48 bits per heavy atom. The molecule has 0 saturated heterocycles. The summed E-state index contributed by atoms with van der Waals surface area (Å²) >= 11 is 0. The van der Waals surface area contributed by atoms with E-state index in [-0.39, 0.29) is 0 Å².